The number of hydrogen-bond donors (Lipinski definition) is 1. The highest BCUT2D eigenvalue weighted by atomic mass is 19.3. The Balaban J connectivity index is 1.29. The number of anilines is 1. The van der Waals surface area contributed by atoms with E-state index in [0.717, 1.165) is 5.56 Å². The zero-order valence-corrected chi connectivity index (χ0v) is 17.3. The first-order chi connectivity index (χ1) is 14.8. The van der Waals surface area contributed by atoms with Crippen LogP contribution in [0.2, 0.25) is 0 Å². The van der Waals surface area contributed by atoms with Gasteiger partial charge < -0.3 is 15.1 Å². The number of likely N-dealkylation sites (N-methyl/N-ethyl adjacent to an activating group) is 1. The molecule has 2 amide bonds. The summed E-state index contributed by atoms with van der Waals surface area (Å²) in [5.74, 6) is -3.08. The monoisotopic (exact) mass is 429 g/mol. The molecule has 1 saturated carbocycles. The van der Waals surface area contributed by atoms with Crippen molar-refractivity contribution in [2.75, 3.05) is 25.5 Å². The first-order valence-electron chi connectivity index (χ1n) is 10.3. The molecule has 0 aromatic carbocycles. The van der Waals surface area contributed by atoms with Gasteiger partial charge in [0.15, 0.2) is 0 Å². The third kappa shape index (κ3) is 4.81. The van der Waals surface area contributed by atoms with Crippen LogP contribution in [-0.4, -0.2) is 63.7 Å². The van der Waals surface area contributed by atoms with Crippen molar-refractivity contribution in [2.24, 2.45) is 5.92 Å². The van der Waals surface area contributed by atoms with Crippen molar-refractivity contribution < 1.29 is 18.4 Å². The van der Waals surface area contributed by atoms with Crippen molar-refractivity contribution >= 4 is 17.6 Å². The Bertz CT molecular complexity index is 931. The molecule has 0 bridgehead atoms. The van der Waals surface area contributed by atoms with E-state index in [1.54, 1.807) is 36.5 Å². The van der Waals surface area contributed by atoms with Crippen molar-refractivity contribution in [2.45, 2.75) is 37.8 Å². The smallest absolute Gasteiger partial charge is 0.255 e. The number of amides is 2. The fourth-order valence-electron chi connectivity index (χ4n) is 4.05. The van der Waals surface area contributed by atoms with Gasteiger partial charge in [-0.1, -0.05) is 6.07 Å². The topological polar surface area (TPSA) is 78.4 Å². The van der Waals surface area contributed by atoms with Crippen molar-refractivity contribution in [3.05, 3.63) is 54.0 Å². The summed E-state index contributed by atoms with van der Waals surface area (Å²) in [5, 5.41) is 3.18. The van der Waals surface area contributed by atoms with E-state index in [0.29, 0.717) is 37.4 Å². The molecule has 2 aliphatic rings. The van der Waals surface area contributed by atoms with Crippen LogP contribution in [0.3, 0.4) is 0 Å². The van der Waals surface area contributed by atoms with E-state index in [4.69, 9.17) is 0 Å². The predicted octanol–water partition coefficient (Wildman–Crippen LogP) is 2.81. The van der Waals surface area contributed by atoms with Crippen LogP contribution in [0.1, 0.15) is 35.2 Å². The summed E-state index contributed by atoms with van der Waals surface area (Å²) in [4.78, 5) is 36.8. The first kappa shape index (κ1) is 21.1. The zero-order valence-electron chi connectivity index (χ0n) is 17.3. The lowest BCUT2D eigenvalue weighted by molar-refractivity contribution is -0.160. The number of carbonyl (C=O) groups excluding carboxylic acids is 2. The number of nitrogens with one attached hydrogen (secondary N) is 1. The fourth-order valence-corrected chi connectivity index (χ4v) is 4.05. The molecule has 1 N–H and O–H groups in total. The molecule has 164 valence electrons. The van der Waals surface area contributed by atoms with Crippen LogP contribution < -0.4 is 5.32 Å². The molecule has 0 unspecified atom stereocenters. The molecule has 1 saturated heterocycles. The average molecular weight is 429 g/mol. The number of nitrogens with zero attached hydrogens (tertiary/aromatic N) is 4. The number of alkyl halides is 2. The molecular formula is C22H25F2N5O2. The quantitative estimate of drug-likeness (QED) is 0.764. The molecule has 1 aliphatic carbocycles. The van der Waals surface area contributed by atoms with Crippen LogP contribution in [0.15, 0.2) is 42.9 Å². The average Bonchev–Trinajstić information content (AvgIpc) is 3.26. The Morgan fingerprint density at radius 2 is 2.06 bits per heavy atom. The summed E-state index contributed by atoms with van der Waals surface area (Å²) in [7, 11) is 1.64. The third-order valence-electron chi connectivity index (χ3n) is 5.99. The van der Waals surface area contributed by atoms with E-state index in [1.165, 1.54) is 11.1 Å². The Morgan fingerprint density at radius 3 is 2.71 bits per heavy atom. The molecule has 2 fully saturated rings. The van der Waals surface area contributed by atoms with E-state index in [2.05, 4.69) is 15.3 Å². The molecule has 0 spiro atoms. The molecule has 3 heterocycles. The Hall–Kier alpha value is -3.10. The summed E-state index contributed by atoms with van der Waals surface area (Å²) >= 11 is 0. The second kappa shape index (κ2) is 8.56. The van der Waals surface area contributed by atoms with Crippen molar-refractivity contribution in [1.82, 2.24) is 19.8 Å². The molecule has 4 rings (SSSR count). The van der Waals surface area contributed by atoms with Gasteiger partial charge in [0, 0.05) is 64.0 Å². The Labute approximate surface area is 179 Å². The van der Waals surface area contributed by atoms with Gasteiger partial charge in [-0.3, -0.25) is 14.6 Å². The summed E-state index contributed by atoms with van der Waals surface area (Å²) in [6, 6.07) is 7.14. The van der Waals surface area contributed by atoms with E-state index in [-0.39, 0.29) is 30.7 Å². The lowest BCUT2D eigenvalue weighted by Gasteiger charge is -2.37. The number of carbonyl (C=O) groups is 2. The summed E-state index contributed by atoms with van der Waals surface area (Å²) in [5.41, 5.74) is 1.50. The third-order valence-corrected chi connectivity index (χ3v) is 5.99. The van der Waals surface area contributed by atoms with Gasteiger partial charge in [0.1, 0.15) is 5.82 Å². The standard InChI is InChI=1S/C22H25F2N5O2/c1-28(20(30)17-9-22(23,24)10-17)18-6-8-29(14-18)21(31)16-4-5-19(27-13-16)26-12-15-3-2-7-25-11-15/h2-5,7,11,13,17-18H,6,8-10,12,14H2,1H3,(H,26,27)/t18-/m0/s1. The maximum atomic E-state index is 13.1. The molecule has 0 radical (unpaired) electrons. The lowest BCUT2D eigenvalue weighted by atomic mass is 9.80. The highest BCUT2D eigenvalue weighted by molar-refractivity contribution is 5.94. The van der Waals surface area contributed by atoms with Gasteiger partial charge >= 0.3 is 0 Å². The molecule has 9 heteroatoms. The number of halogens is 2. The van der Waals surface area contributed by atoms with Crippen LogP contribution in [-0.2, 0) is 11.3 Å². The maximum absolute atomic E-state index is 13.1. The van der Waals surface area contributed by atoms with Gasteiger partial charge in [0.2, 0.25) is 11.8 Å². The molecule has 2 aromatic heterocycles. The van der Waals surface area contributed by atoms with Crippen LogP contribution in [0, 0.1) is 5.92 Å². The van der Waals surface area contributed by atoms with Gasteiger partial charge in [0.05, 0.1) is 11.6 Å². The molecule has 31 heavy (non-hydrogen) atoms. The SMILES string of the molecule is CN(C(=O)C1CC(F)(F)C1)[C@H]1CCN(C(=O)c2ccc(NCc3cccnc3)nc2)C1. The van der Waals surface area contributed by atoms with E-state index < -0.39 is 11.8 Å². The minimum atomic E-state index is -2.72. The van der Waals surface area contributed by atoms with E-state index in [9.17, 15) is 18.4 Å². The van der Waals surface area contributed by atoms with Crippen molar-refractivity contribution in [3.8, 4) is 0 Å². The van der Waals surface area contributed by atoms with Gasteiger partial charge in [-0.15, -0.1) is 0 Å². The molecule has 7 nitrogen and oxygen atoms in total. The van der Waals surface area contributed by atoms with Gasteiger partial charge in [-0.05, 0) is 30.2 Å². The predicted molar refractivity (Wildman–Crippen MR) is 111 cm³/mol. The summed E-state index contributed by atoms with van der Waals surface area (Å²) in [6.45, 7) is 1.49. The maximum Gasteiger partial charge on any atom is 0.255 e. The van der Waals surface area contributed by atoms with Crippen LogP contribution in [0.25, 0.3) is 0 Å². The van der Waals surface area contributed by atoms with E-state index >= 15 is 0 Å². The minimum Gasteiger partial charge on any atom is -0.366 e. The Morgan fingerprint density at radius 1 is 1.26 bits per heavy atom. The molecule has 2 aromatic rings. The van der Waals surface area contributed by atoms with Crippen molar-refractivity contribution in [3.63, 3.8) is 0 Å². The number of pyridine rings is 2. The largest absolute Gasteiger partial charge is 0.366 e. The molecule has 1 aliphatic heterocycles. The lowest BCUT2D eigenvalue weighted by Crippen LogP contribution is -2.49. The van der Waals surface area contributed by atoms with Gasteiger partial charge in [0.25, 0.3) is 5.91 Å². The number of rotatable bonds is 6. The van der Waals surface area contributed by atoms with E-state index in [1.807, 2.05) is 12.1 Å². The summed E-state index contributed by atoms with van der Waals surface area (Å²) < 4.78 is 26.1. The van der Waals surface area contributed by atoms with Crippen LogP contribution in [0.5, 0.6) is 0 Å². The first-order valence-corrected chi connectivity index (χ1v) is 10.3. The zero-order chi connectivity index (χ0) is 22.0. The van der Waals surface area contributed by atoms with Crippen LogP contribution >= 0.6 is 0 Å². The highest BCUT2D eigenvalue weighted by Gasteiger charge is 2.50. The highest BCUT2D eigenvalue weighted by Crippen LogP contribution is 2.43. The Kier molecular flexibility index (Phi) is 5.84. The molecule has 1 atom stereocenters. The minimum absolute atomic E-state index is 0.148. The second-order valence-electron chi connectivity index (χ2n) is 8.25. The van der Waals surface area contributed by atoms with Gasteiger partial charge in [-0.2, -0.15) is 0 Å². The number of aromatic nitrogens is 2. The van der Waals surface area contributed by atoms with Crippen molar-refractivity contribution in [1.29, 1.82) is 0 Å². The second-order valence-corrected chi connectivity index (χ2v) is 8.25. The van der Waals surface area contributed by atoms with Crippen LogP contribution in [0.4, 0.5) is 14.6 Å². The van der Waals surface area contributed by atoms with Gasteiger partial charge in [-0.25, -0.2) is 13.8 Å². The number of hydrogen-bond acceptors (Lipinski definition) is 5. The molecular weight excluding hydrogens is 404 g/mol. The summed E-state index contributed by atoms with van der Waals surface area (Å²) in [6.07, 6.45) is 4.90. The normalized spacial score (nSPS) is 20.2. The fraction of sp³-hybridized carbons (Fsp3) is 0.455. The number of likely N-dealkylation sites (tertiary alicyclic amines) is 1.